The van der Waals surface area contributed by atoms with Crippen LogP contribution in [-0.2, 0) is 6.42 Å². The Bertz CT molecular complexity index is 533. The van der Waals surface area contributed by atoms with Gasteiger partial charge in [-0.1, -0.05) is 35.4 Å². The van der Waals surface area contributed by atoms with Crippen LogP contribution >= 0.6 is 22.9 Å². The largest absolute Gasteiger partial charge is 0.313 e. The molecule has 96 valence electrons. The number of rotatable bonds is 4. The minimum Gasteiger partial charge on any atom is -0.313 e. The molecule has 1 aromatic carbocycles. The standard InChI is InChI=1S/C15H18ClNS/c1-10-4-5-12(11(2)8-10)14(17-3)9-15-13(16)6-7-18-15/h4-8,14,17H,9H2,1-3H3. The van der Waals surface area contributed by atoms with Crippen LogP contribution < -0.4 is 5.32 Å². The Morgan fingerprint density at radius 3 is 2.61 bits per heavy atom. The summed E-state index contributed by atoms with van der Waals surface area (Å²) in [6, 6.07) is 8.91. The lowest BCUT2D eigenvalue weighted by molar-refractivity contribution is 0.593. The number of benzene rings is 1. The molecule has 2 rings (SSSR count). The summed E-state index contributed by atoms with van der Waals surface area (Å²) in [5, 5.41) is 6.32. The van der Waals surface area contributed by atoms with Gasteiger partial charge in [-0.2, -0.15) is 0 Å². The molecule has 2 aromatic rings. The third-order valence-corrected chi connectivity index (χ3v) is 4.64. The second kappa shape index (κ2) is 5.87. The van der Waals surface area contributed by atoms with Crippen LogP contribution in [0.3, 0.4) is 0 Å². The third kappa shape index (κ3) is 2.94. The molecule has 18 heavy (non-hydrogen) atoms. The summed E-state index contributed by atoms with van der Waals surface area (Å²) in [5.41, 5.74) is 4.00. The molecule has 0 spiro atoms. The van der Waals surface area contributed by atoms with Crippen molar-refractivity contribution in [2.45, 2.75) is 26.3 Å². The van der Waals surface area contributed by atoms with E-state index in [1.54, 1.807) is 11.3 Å². The van der Waals surface area contributed by atoms with Crippen LogP contribution in [0.1, 0.15) is 27.6 Å². The van der Waals surface area contributed by atoms with E-state index in [0.717, 1.165) is 11.4 Å². The van der Waals surface area contributed by atoms with E-state index in [4.69, 9.17) is 11.6 Å². The summed E-state index contributed by atoms with van der Waals surface area (Å²) < 4.78 is 0. The van der Waals surface area contributed by atoms with E-state index in [0.29, 0.717) is 6.04 Å². The predicted molar refractivity (Wildman–Crippen MR) is 80.7 cm³/mol. The first-order valence-electron chi connectivity index (χ1n) is 6.08. The molecule has 0 fully saturated rings. The maximum absolute atomic E-state index is 6.18. The molecule has 1 nitrogen and oxygen atoms in total. The summed E-state index contributed by atoms with van der Waals surface area (Å²) in [5.74, 6) is 0. The van der Waals surface area contributed by atoms with Crippen LogP contribution in [0, 0.1) is 13.8 Å². The highest BCUT2D eigenvalue weighted by molar-refractivity contribution is 7.10. The number of aryl methyl sites for hydroxylation is 2. The van der Waals surface area contributed by atoms with Crippen LogP contribution in [0.25, 0.3) is 0 Å². The van der Waals surface area contributed by atoms with E-state index in [9.17, 15) is 0 Å². The quantitative estimate of drug-likeness (QED) is 0.868. The molecule has 1 unspecified atom stereocenters. The molecule has 0 saturated carbocycles. The fourth-order valence-electron chi connectivity index (χ4n) is 2.24. The highest BCUT2D eigenvalue weighted by Gasteiger charge is 2.14. The average molecular weight is 280 g/mol. The molecule has 1 atom stereocenters. The summed E-state index contributed by atoms with van der Waals surface area (Å²) in [6.45, 7) is 4.30. The zero-order chi connectivity index (χ0) is 13.1. The van der Waals surface area contributed by atoms with Gasteiger partial charge in [0.05, 0.1) is 5.02 Å². The van der Waals surface area contributed by atoms with Crippen LogP contribution in [0.4, 0.5) is 0 Å². The Labute approximate surface area is 118 Å². The van der Waals surface area contributed by atoms with Crippen LogP contribution in [0.15, 0.2) is 29.6 Å². The summed E-state index contributed by atoms with van der Waals surface area (Å²) in [7, 11) is 2.01. The lowest BCUT2D eigenvalue weighted by Gasteiger charge is -2.19. The van der Waals surface area contributed by atoms with Gasteiger partial charge in [-0.25, -0.2) is 0 Å². The fourth-order valence-corrected chi connectivity index (χ4v) is 3.40. The smallest absolute Gasteiger partial charge is 0.0545 e. The summed E-state index contributed by atoms with van der Waals surface area (Å²) in [4.78, 5) is 1.25. The minimum atomic E-state index is 0.321. The predicted octanol–water partition coefficient (Wildman–Crippen LogP) is 4.52. The molecule has 3 heteroatoms. The van der Waals surface area contributed by atoms with Crippen molar-refractivity contribution in [2.75, 3.05) is 7.05 Å². The van der Waals surface area contributed by atoms with Gasteiger partial charge >= 0.3 is 0 Å². The lowest BCUT2D eigenvalue weighted by atomic mass is 9.97. The Hall–Kier alpha value is -0.830. The summed E-state index contributed by atoms with van der Waals surface area (Å²) >= 11 is 7.90. The molecule has 0 aliphatic carbocycles. The molecule has 0 aliphatic heterocycles. The number of halogens is 1. The Balaban J connectivity index is 2.26. The van der Waals surface area contributed by atoms with E-state index in [2.05, 4.69) is 37.4 Å². The highest BCUT2D eigenvalue weighted by Crippen LogP contribution is 2.29. The fraction of sp³-hybridized carbons (Fsp3) is 0.333. The number of hydrogen-bond donors (Lipinski definition) is 1. The molecule has 0 saturated heterocycles. The van der Waals surface area contributed by atoms with Gasteiger partial charge in [0.25, 0.3) is 0 Å². The lowest BCUT2D eigenvalue weighted by Crippen LogP contribution is -2.19. The first kappa shape index (κ1) is 13.6. The molecular formula is C15H18ClNS. The van der Waals surface area contributed by atoms with Crippen molar-refractivity contribution in [1.29, 1.82) is 0 Å². The maximum Gasteiger partial charge on any atom is 0.0545 e. The SMILES string of the molecule is CNC(Cc1sccc1Cl)c1ccc(C)cc1C. The Morgan fingerprint density at radius 2 is 2.06 bits per heavy atom. The van der Waals surface area contributed by atoms with Gasteiger partial charge in [0.2, 0.25) is 0 Å². The first-order chi connectivity index (χ1) is 8.61. The van der Waals surface area contributed by atoms with Crippen molar-refractivity contribution in [3.8, 4) is 0 Å². The maximum atomic E-state index is 6.18. The third-order valence-electron chi connectivity index (χ3n) is 3.23. The normalized spacial score (nSPS) is 12.7. The van der Waals surface area contributed by atoms with Crippen molar-refractivity contribution in [3.05, 3.63) is 56.2 Å². The van der Waals surface area contributed by atoms with Gasteiger partial charge < -0.3 is 5.32 Å². The number of thiophene rings is 1. The molecule has 1 heterocycles. The Kier molecular flexibility index (Phi) is 4.44. The second-order valence-electron chi connectivity index (χ2n) is 4.60. The van der Waals surface area contributed by atoms with Crippen LogP contribution in [0.2, 0.25) is 5.02 Å². The van der Waals surface area contributed by atoms with Crippen molar-refractivity contribution in [3.63, 3.8) is 0 Å². The molecule has 1 N–H and O–H groups in total. The minimum absolute atomic E-state index is 0.321. The monoisotopic (exact) mass is 279 g/mol. The van der Waals surface area contributed by atoms with E-state index < -0.39 is 0 Å². The Morgan fingerprint density at radius 1 is 1.28 bits per heavy atom. The van der Waals surface area contributed by atoms with Crippen LogP contribution in [-0.4, -0.2) is 7.05 Å². The topological polar surface area (TPSA) is 12.0 Å². The van der Waals surface area contributed by atoms with Crippen molar-refractivity contribution >= 4 is 22.9 Å². The molecule has 1 aromatic heterocycles. The molecule has 0 radical (unpaired) electrons. The second-order valence-corrected chi connectivity index (χ2v) is 6.01. The van der Waals surface area contributed by atoms with Crippen LogP contribution in [0.5, 0.6) is 0 Å². The van der Waals surface area contributed by atoms with Crippen molar-refractivity contribution < 1.29 is 0 Å². The zero-order valence-electron chi connectivity index (χ0n) is 11.0. The zero-order valence-corrected chi connectivity index (χ0v) is 12.5. The molecular weight excluding hydrogens is 262 g/mol. The van der Waals surface area contributed by atoms with Gasteiger partial charge in [-0.3, -0.25) is 0 Å². The average Bonchev–Trinajstić information content (AvgIpc) is 2.73. The first-order valence-corrected chi connectivity index (χ1v) is 7.34. The van der Waals surface area contributed by atoms with E-state index in [-0.39, 0.29) is 0 Å². The van der Waals surface area contributed by atoms with E-state index in [1.807, 2.05) is 18.5 Å². The van der Waals surface area contributed by atoms with E-state index in [1.165, 1.54) is 21.6 Å². The van der Waals surface area contributed by atoms with Gasteiger partial charge in [0.15, 0.2) is 0 Å². The van der Waals surface area contributed by atoms with Gasteiger partial charge in [-0.15, -0.1) is 11.3 Å². The van der Waals surface area contributed by atoms with Gasteiger partial charge in [0, 0.05) is 17.3 Å². The summed E-state index contributed by atoms with van der Waals surface area (Å²) in [6.07, 6.45) is 0.941. The number of hydrogen-bond acceptors (Lipinski definition) is 2. The number of nitrogens with one attached hydrogen (secondary N) is 1. The van der Waals surface area contributed by atoms with Gasteiger partial charge in [-0.05, 0) is 43.5 Å². The van der Waals surface area contributed by atoms with Gasteiger partial charge in [0.1, 0.15) is 0 Å². The number of likely N-dealkylation sites (N-methyl/N-ethyl adjacent to an activating group) is 1. The highest BCUT2D eigenvalue weighted by atomic mass is 35.5. The molecule has 0 bridgehead atoms. The van der Waals surface area contributed by atoms with E-state index >= 15 is 0 Å². The molecule has 0 aliphatic rings. The molecule has 0 amide bonds. The van der Waals surface area contributed by atoms with Crippen molar-refractivity contribution in [1.82, 2.24) is 5.32 Å². The van der Waals surface area contributed by atoms with Crippen molar-refractivity contribution in [2.24, 2.45) is 0 Å².